The number of hydrogen-bond donors (Lipinski definition) is 0. The van der Waals surface area contributed by atoms with Crippen LogP contribution in [0.2, 0.25) is 0 Å². The van der Waals surface area contributed by atoms with Crippen molar-refractivity contribution >= 4 is 11.6 Å². The van der Waals surface area contributed by atoms with E-state index in [1.54, 1.807) is 0 Å². The molecular formula is C11H16O2. The van der Waals surface area contributed by atoms with Crippen molar-refractivity contribution in [3.05, 3.63) is 11.6 Å². The van der Waals surface area contributed by atoms with E-state index in [1.165, 1.54) is 0 Å². The first-order valence-electron chi connectivity index (χ1n) is 4.49. The summed E-state index contributed by atoms with van der Waals surface area (Å²) in [7, 11) is 0. The van der Waals surface area contributed by atoms with E-state index in [0.29, 0.717) is 0 Å². The maximum atomic E-state index is 11.4. The van der Waals surface area contributed by atoms with E-state index in [0.717, 1.165) is 5.57 Å². The molecule has 1 aliphatic rings. The molecule has 0 N–H and O–H groups in total. The topological polar surface area (TPSA) is 34.1 Å². The summed E-state index contributed by atoms with van der Waals surface area (Å²) in [5.41, 5.74) is -0.0269. The molecule has 0 amide bonds. The smallest absolute Gasteiger partial charge is 0.209 e. The first-order valence-corrected chi connectivity index (χ1v) is 4.49. The van der Waals surface area contributed by atoms with Gasteiger partial charge in [0.2, 0.25) is 11.6 Å². The molecule has 1 atom stereocenters. The second-order valence-electron chi connectivity index (χ2n) is 4.71. The fraction of sp³-hybridized carbons (Fsp3) is 0.636. The van der Waals surface area contributed by atoms with E-state index in [9.17, 15) is 9.59 Å². The lowest BCUT2D eigenvalue weighted by Crippen LogP contribution is -2.62. The molecule has 0 spiro atoms. The minimum atomic E-state index is -0.580. The highest BCUT2D eigenvalue weighted by molar-refractivity contribution is 6.49. The normalized spacial score (nSPS) is 31.2. The Hall–Kier alpha value is -0.920. The maximum absolute atomic E-state index is 11.4. The quantitative estimate of drug-likeness (QED) is 0.457. The maximum Gasteiger partial charge on any atom is 0.209 e. The van der Waals surface area contributed by atoms with Gasteiger partial charge in [-0.3, -0.25) is 9.59 Å². The molecule has 0 radical (unpaired) electrons. The summed E-state index contributed by atoms with van der Waals surface area (Å²) in [5.74, 6) is -0.494. The molecule has 1 fully saturated rings. The van der Waals surface area contributed by atoms with Gasteiger partial charge in [-0.1, -0.05) is 25.5 Å². The van der Waals surface area contributed by atoms with Crippen molar-refractivity contribution in [2.24, 2.45) is 10.8 Å². The number of hydrogen-bond acceptors (Lipinski definition) is 2. The molecule has 0 aliphatic heterocycles. The van der Waals surface area contributed by atoms with Crippen molar-refractivity contribution in [2.75, 3.05) is 0 Å². The van der Waals surface area contributed by atoms with E-state index in [1.807, 2.05) is 40.7 Å². The zero-order valence-electron chi connectivity index (χ0n) is 8.89. The number of ketones is 2. The van der Waals surface area contributed by atoms with Gasteiger partial charge in [-0.25, -0.2) is 0 Å². The van der Waals surface area contributed by atoms with E-state index < -0.39 is 10.8 Å². The average Bonchev–Trinajstić information content (AvgIpc) is 2.00. The van der Waals surface area contributed by atoms with Crippen LogP contribution in [-0.2, 0) is 9.59 Å². The zero-order chi connectivity index (χ0) is 10.4. The van der Waals surface area contributed by atoms with Gasteiger partial charge in [-0.05, 0) is 20.8 Å². The first-order chi connectivity index (χ1) is 5.73. The monoisotopic (exact) mass is 180 g/mol. The van der Waals surface area contributed by atoms with Crippen molar-refractivity contribution in [1.29, 1.82) is 0 Å². The SMILES string of the molecule is CC(C)=CC1(C)C(=O)C(=O)C1(C)C. The second-order valence-corrected chi connectivity index (χ2v) is 4.71. The van der Waals surface area contributed by atoms with Gasteiger partial charge in [0.1, 0.15) is 0 Å². The number of carbonyl (C=O) groups excluding carboxylic acids is 2. The van der Waals surface area contributed by atoms with Crippen LogP contribution in [0.3, 0.4) is 0 Å². The highest BCUT2D eigenvalue weighted by Gasteiger charge is 2.63. The largest absolute Gasteiger partial charge is 0.290 e. The molecule has 72 valence electrons. The van der Waals surface area contributed by atoms with Gasteiger partial charge in [0.25, 0.3) is 0 Å². The lowest BCUT2D eigenvalue weighted by Gasteiger charge is -2.48. The van der Waals surface area contributed by atoms with Gasteiger partial charge in [0, 0.05) is 5.41 Å². The van der Waals surface area contributed by atoms with Gasteiger partial charge in [-0.15, -0.1) is 0 Å². The second kappa shape index (κ2) is 2.53. The molecule has 13 heavy (non-hydrogen) atoms. The minimum absolute atomic E-state index is 0.243. The summed E-state index contributed by atoms with van der Waals surface area (Å²) in [6.07, 6.45) is 1.90. The summed E-state index contributed by atoms with van der Waals surface area (Å²) < 4.78 is 0. The molecule has 1 aliphatic carbocycles. The third kappa shape index (κ3) is 1.08. The molecule has 1 saturated carbocycles. The van der Waals surface area contributed by atoms with Crippen molar-refractivity contribution in [2.45, 2.75) is 34.6 Å². The Kier molecular flexibility index (Phi) is 1.98. The Balaban J connectivity index is 3.13. The van der Waals surface area contributed by atoms with E-state index in [-0.39, 0.29) is 11.6 Å². The molecule has 0 aromatic carbocycles. The summed E-state index contributed by atoms with van der Waals surface area (Å²) >= 11 is 0. The van der Waals surface area contributed by atoms with Gasteiger partial charge in [0.05, 0.1) is 5.41 Å². The number of allylic oxidation sites excluding steroid dienone is 2. The van der Waals surface area contributed by atoms with Gasteiger partial charge < -0.3 is 0 Å². The van der Waals surface area contributed by atoms with Gasteiger partial charge in [-0.2, -0.15) is 0 Å². The lowest BCUT2D eigenvalue weighted by atomic mass is 9.50. The van der Waals surface area contributed by atoms with Crippen LogP contribution in [-0.4, -0.2) is 11.6 Å². The summed E-state index contributed by atoms with van der Waals surface area (Å²) in [6.45, 7) is 9.38. The number of carbonyl (C=O) groups is 2. The first kappa shape index (κ1) is 10.2. The van der Waals surface area contributed by atoms with Gasteiger partial charge >= 0.3 is 0 Å². The fourth-order valence-corrected chi connectivity index (χ4v) is 1.80. The Morgan fingerprint density at radius 1 is 1.08 bits per heavy atom. The molecule has 0 bridgehead atoms. The molecule has 2 nitrogen and oxygen atoms in total. The molecule has 0 aromatic rings. The Morgan fingerprint density at radius 2 is 1.54 bits per heavy atom. The minimum Gasteiger partial charge on any atom is -0.290 e. The van der Waals surface area contributed by atoms with Crippen molar-refractivity contribution in [1.82, 2.24) is 0 Å². The predicted octanol–water partition coefficient (Wildman–Crippen LogP) is 2.14. The average molecular weight is 180 g/mol. The number of rotatable bonds is 1. The van der Waals surface area contributed by atoms with E-state index in [2.05, 4.69) is 0 Å². The van der Waals surface area contributed by atoms with Crippen LogP contribution in [0.1, 0.15) is 34.6 Å². The van der Waals surface area contributed by atoms with Crippen LogP contribution in [0.15, 0.2) is 11.6 Å². The molecular weight excluding hydrogens is 164 g/mol. The Labute approximate surface area is 79.0 Å². The third-order valence-electron chi connectivity index (χ3n) is 3.12. The van der Waals surface area contributed by atoms with Crippen LogP contribution in [0.5, 0.6) is 0 Å². The summed E-state index contributed by atoms with van der Waals surface area (Å²) in [4.78, 5) is 22.7. The van der Waals surface area contributed by atoms with E-state index in [4.69, 9.17) is 0 Å². The highest BCUT2D eigenvalue weighted by atomic mass is 16.2. The van der Waals surface area contributed by atoms with Crippen LogP contribution in [0.4, 0.5) is 0 Å². The molecule has 2 heteroatoms. The van der Waals surface area contributed by atoms with Crippen molar-refractivity contribution in [3.63, 3.8) is 0 Å². The molecule has 0 saturated heterocycles. The fourth-order valence-electron chi connectivity index (χ4n) is 1.80. The van der Waals surface area contributed by atoms with Crippen molar-refractivity contribution in [3.8, 4) is 0 Å². The predicted molar refractivity (Wildman–Crippen MR) is 51.3 cm³/mol. The van der Waals surface area contributed by atoms with Crippen LogP contribution in [0.25, 0.3) is 0 Å². The standard InChI is InChI=1S/C11H16O2/c1-7(2)6-11(5)9(13)8(12)10(11,3)4/h6H,1-5H3. The molecule has 1 rings (SSSR count). The molecule has 0 heterocycles. The van der Waals surface area contributed by atoms with Gasteiger partial charge in [0.15, 0.2) is 0 Å². The van der Waals surface area contributed by atoms with Crippen LogP contribution >= 0.6 is 0 Å². The third-order valence-corrected chi connectivity index (χ3v) is 3.12. The zero-order valence-corrected chi connectivity index (χ0v) is 8.89. The lowest BCUT2D eigenvalue weighted by molar-refractivity contribution is -0.164. The summed E-state index contributed by atoms with van der Waals surface area (Å²) in [5, 5.41) is 0. The number of Topliss-reactive ketones (excluding diaryl/α,β-unsaturated/α-hetero) is 2. The highest BCUT2D eigenvalue weighted by Crippen LogP contribution is 2.51. The van der Waals surface area contributed by atoms with Crippen LogP contribution in [0, 0.1) is 10.8 Å². The molecule has 1 unspecified atom stereocenters. The summed E-state index contributed by atoms with van der Waals surface area (Å²) in [6, 6.07) is 0. The molecule has 0 aromatic heterocycles. The van der Waals surface area contributed by atoms with E-state index >= 15 is 0 Å². The van der Waals surface area contributed by atoms with Crippen LogP contribution < -0.4 is 0 Å². The Bertz CT molecular complexity index is 306. The Morgan fingerprint density at radius 3 is 1.85 bits per heavy atom. The van der Waals surface area contributed by atoms with Crippen molar-refractivity contribution < 1.29 is 9.59 Å².